The molecule has 4 heteroatoms. The van der Waals surface area contributed by atoms with Gasteiger partial charge in [-0.1, -0.05) is 32.1 Å². The predicted octanol–water partition coefficient (Wildman–Crippen LogP) is 3.52. The first-order valence-corrected chi connectivity index (χ1v) is 9.43. The van der Waals surface area contributed by atoms with Crippen molar-refractivity contribution < 1.29 is 4.79 Å². The van der Waals surface area contributed by atoms with Crippen molar-refractivity contribution in [3.8, 4) is 0 Å². The Morgan fingerprint density at radius 1 is 1.05 bits per heavy atom. The van der Waals surface area contributed by atoms with Gasteiger partial charge < -0.3 is 15.5 Å². The summed E-state index contributed by atoms with van der Waals surface area (Å²) < 4.78 is 0. The third-order valence-electron chi connectivity index (χ3n) is 5.27. The van der Waals surface area contributed by atoms with E-state index >= 15 is 0 Å². The van der Waals surface area contributed by atoms with Crippen LogP contribution in [0.3, 0.4) is 0 Å². The number of carbonyl (C=O) groups excluding carboxylic acids is 1. The standard InChI is InChI=1S/C18H35N3O/c1-15(2)21-12-8-9-16(14-21)13-19-18(22)20-17-10-6-4-3-5-7-11-17/h15-17H,3-14H2,1-2H3,(H2,19,20,22). The Bertz CT molecular complexity index is 324. The van der Waals surface area contributed by atoms with E-state index < -0.39 is 0 Å². The van der Waals surface area contributed by atoms with E-state index in [1.165, 1.54) is 51.5 Å². The van der Waals surface area contributed by atoms with E-state index in [4.69, 9.17) is 0 Å². The Morgan fingerprint density at radius 2 is 1.73 bits per heavy atom. The molecule has 4 nitrogen and oxygen atoms in total. The van der Waals surface area contributed by atoms with Crippen LogP contribution < -0.4 is 10.6 Å². The summed E-state index contributed by atoms with van der Waals surface area (Å²) in [6, 6.07) is 1.05. The van der Waals surface area contributed by atoms with Gasteiger partial charge in [-0.05, 0) is 52.0 Å². The number of likely N-dealkylation sites (tertiary alicyclic amines) is 1. The molecule has 0 aromatic heterocycles. The lowest BCUT2D eigenvalue weighted by Gasteiger charge is -2.35. The van der Waals surface area contributed by atoms with E-state index in [1.807, 2.05) is 0 Å². The molecular formula is C18H35N3O. The molecule has 1 heterocycles. The second-order valence-electron chi connectivity index (χ2n) is 7.49. The fourth-order valence-corrected chi connectivity index (χ4v) is 3.81. The second-order valence-corrected chi connectivity index (χ2v) is 7.49. The highest BCUT2D eigenvalue weighted by Gasteiger charge is 2.22. The molecular weight excluding hydrogens is 274 g/mol. The second kappa shape index (κ2) is 9.39. The van der Waals surface area contributed by atoms with E-state index in [0.717, 1.165) is 25.9 Å². The minimum absolute atomic E-state index is 0.0484. The predicted molar refractivity (Wildman–Crippen MR) is 92.1 cm³/mol. The fourth-order valence-electron chi connectivity index (χ4n) is 3.81. The highest BCUT2D eigenvalue weighted by atomic mass is 16.2. The summed E-state index contributed by atoms with van der Waals surface area (Å²) >= 11 is 0. The van der Waals surface area contributed by atoms with Crippen LogP contribution in [0.5, 0.6) is 0 Å². The maximum atomic E-state index is 12.1. The summed E-state index contributed by atoms with van der Waals surface area (Å²) in [5, 5.41) is 6.32. The molecule has 128 valence electrons. The molecule has 1 saturated carbocycles. The topological polar surface area (TPSA) is 44.4 Å². The SMILES string of the molecule is CC(C)N1CCCC(CNC(=O)NC2CCCCCCC2)C1. The van der Waals surface area contributed by atoms with Crippen molar-refractivity contribution in [3.63, 3.8) is 0 Å². The van der Waals surface area contributed by atoms with Crippen molar-refractivity contribution in [2.75, 3.05) is 19.6 Å². The van der Waals surface area contributed by atoms with Gasteiger partial charge in [-0.15, -0.1) is 0 Å². The van der Waals surface area contributed by atoms with Crippen LogP contribution >= 0.6 is 0 Å². The lowest BCUT2D eigenvalue weighted by molar-refractivity contribution is 0.139. The van der Waals surface area contributed by atoms with Crippen LogP contribution in [-0.2, 0) is 0 Å². The molecule has 2 aliphatic rings. The Kier molecular flexibility index (Phi) is 7.50. The number of hydrogen-bond acceptors (Lipinski definition) is 2. The zero-order valence-electron chi connectivity index (χ0n) is 14.6. The van der Waals surface area contributed by atoms with Crippen molar-refractivity contribution in [1.82, 2.24) is 15.5 Å². The largest absolute Gasteiger partial charge is 0.338 e. The Hall–Kier alpha value is -0.770. The number of nitrogens with zero attached hydrogens (tertiary/aromatic N) is 1. The number of rotatable bonds is 4. The molecule has 1 unspecified atom stereocenters. The van der Waals surface area contributed by atoms with Gasteiger partial charge in [-0.25, -0.2) is 4.79 Å². The van der Waals surface area contributed by atoms with Gasteiger partial charge in [0.15, 0.2) is 0 Å². The zero-order valence-corrected chi connectivity index (χ0v) is 14.6. The molecule has 0 spiro atoms. The molecule has 2 fully saturated rings. The number of carbonyl (C=O) groups is 1. The normalized spacial score (nSPS) is 25.5. The van der Waals surface area contributed by atoms with E-state index in [-0.39, 0.29) is 6.03 Å². The van der Waals surface area contributed by atoms with Crippen molar-refractivity contribution in [1.29, 1.82) is 0 Å². The van der Waals surface area contributed by atoms with Gasteiger partial charge in [0.2, 0.25) is 0 Å². The first-order valence-electron chi connectivity index (χ1n) is 9.43. The summed E-state index contributed by atoms with van der Waals surface area (Å²) in [5.74, 6) is 0.610. The third kappa shape index (κ3) is 6.15. The summed E-state index contributed by atoms with van der Waals surface area (Å²) in [4.78, 5) is 14.7. The Labute approximate surface area is 136 Å². The van der Waals surface area contributed by atoms with E-state index in [9.17, 15) is 4.79 Å². The average Bonchev–Trinajstić information content (AvgIpc) is 2.48. The van der Waals surface area contributed by atoms with Crippen LogP contribution in [0.15, 0.2) is 0 Å². The lowest BCUT2D eigenvalue weighted by atomic mass is 9.96. The minimum Gasteiger partial charge on any atom is -0.338 e. The van der Waals surface area contributed by atoms with Crippen molar-refractivity contribution in [3.05, 3.63) is 0 Å². The molecule has 22 heavy (non-hydrogen) atoms. The molecule has 0 bridgehead atoms. The van der Waals surface area contributed by atoms with Crippen molar-refractivity contribution >= 4 is 6.03 Å². The summed E-state index contributed by atoms with van der Waals surface area (Å²) in [6.07, 6.45) is 11.3. The first kappa shape index (κ1) is 17.6. The van der Waals surface area contributed by atoms with Crippen LogP contribution in [0.25, 0.3) is 0 Å². The maximum absolute atomic E-state index is 12.1. The molecule has 0 radical (unpaired) electrons. The number of nitrogens with one attached hydrogen (secondary N) is 2. The quantitative estimate of drug-likeness (QED) is 0.834. The van der Waals surface area contributed by atoms with E-state index in [1.54, 1.807) is 0 Å². The van der Waals surface area contributed by atoms with Gasteiger partial charge in [0.25, 0.3) is 0 Å². The van der Waals surface area contributed by atoms with E-state index in [0.29, 0.717) is 18.0 Å². The number of hydrogen-bond donors (Lipinski definition) is 2. The smallest absolute Gasteiger partial charge is 0.315 e. The van der Waals surface area contributed by atoms with Gasteiger partial charge in [0.05, 0.1) is 0 Å². The molecule has 0 aromatic carbocycles. The van der Waals surface area contributed by atoms with Gasteiger partial charge in [-0.2, -0.15) is 0 Å². The molecule has 2 amide bonds. The molecule has 1 atom stereocenters. The van der Waals surface area contributed by atoms with Gasteiger partial charge in [0, 0.05) is 25.2 Å². The Balaban J connectivity index is 1.66. The zero-order chi connectivity index (χ0) is 15.8. The number of piperidine rings is 1. The third-order valence-corrected chi connectivity index (χ3v) is 5.27. The summed E-state index contributed by atoms with van der Waals surface area (Å²) in [6.45, 7) is 7.68. The van der Waals surface area contributed by atoms with Crippen LogP contribution in [0, 0.1) is 5.92 Å². The molecule has 1 aliphatic carbocycles. The molecule has 1 saturated heterocycles. The van der Waals surface area contributed by atoms with Crippen molar-refractivity contribution in [2.45, 2.75) is 83.7 Å². The molecule has 2 rings (SSSR count). The fraction of sp³-hybridized carbons (Fsp3) is 0.944. The van der Waals surface area contributed by atoms with Crippen molar-refractivity contribution in [2.24, 2.45) is 5.92 Å². The van der Waals surface area contributed by atoms with Crippen LogP contribution in [0.4, 0.5) is 4.79 Å². The van der Waals surface area contributed by atoms with Crippen LogP contribution in [0.2, 0.25) is 0 Å². The number of urea groups is 1. The molecule has 0 aromatic rings. The molecule has 1 aliphatic heterocycles. The minimum atomic E-state index is 0.0484. The average molecular weight is 309 g/mol. The maximum Gasteiger partial charge on any atom is 0.315 e. The molecule has 2 N–H and O–H groups in total. The lowest BCUT2D eigenvalue weighted by Crippen LogP contribution is -2.47. The van der Waals surface area contributed by atoms with Crippen LogP contribution in [-0.4, -0.2) is 42.6 Å². The summed E-state index contributed by atoms with van der Waals surface area (Å²) in [5.41, 5.74) is 0. The summed E-state index contributed by atoms with van der Waals surface area (Å²) in [7, 11) is 0. The highest BCUT2D eigenvalue weighted by molar-refractivity contribution is 5.74. The van der Waals surface area contributed by atoms with E-state index in [2.05, 4.69) is 29.4 Å². The number of amides is 2. The van der Waals surface area contributed by atoms with Gasteiger partial charge in [-0.3, -0.25) is 0 Å². The van der Waals surface area contributed by atoms with Crippen LogP contribution in [0.1, 0.15) is 71.6 Å². The van der Waals surface area contributed by atoms with Gasteiger partial charge >= 0.3 is 6.03 Å². The monoisotopic (exact) mass is 309 g/mol. The Morgan fingerprint density at radius 3 is 2.41 bits per heavy atom. The van der Waals surface area contributed by atoms with Gasteiger partial charge in [0.1, 0.15) is 0 Å². The highest BCUT2D eigenvalue weighted by Crippen LogP contribution is 2.18. The first-order chi connectivity index (χ1) is 10.6.